The van der Waals surface area contributed by atoms with E-state index in [9.17, 15) is 14.5 Å². The van der Waals surface area contributed by atoms with Gasteiger partial charge in [0.15, 0.2) is 0 Å². The molecule has 0 spiro atoms. The van der Waals surface area contributed by atoms with Gasteiger partial charge in [0.2, 0.25) is 5.82 Å². The van der Waals surface area contributed by atoms with Crippen LogP contribution in [0, 0.1) is 15.9 Å². The molecule has 1 aromatic heterocycles. The highest BCUT2D eigenvalue weighted by atomic mass is 19.1. The van der Waals surface area contributed by atoms with Crippen LogP contribution in [0.5, 0.6) is 0 Å². The maximum absolute atomic E-state index is 13.2. The van der Waals surface area contributed by atoms with Gasteiger partial charge in [0.05, 0.1) is 11.5 Å². The lowest BCUT2D eigenvalue weighted by Gasteiger charge is -2.08. The van der Waals surface area contributed by atoms with Gasteiger partial charge >= 0.3 is 5.69 Å². The molecule has 1 N–H and O–H groups in total. The van der Waals surface area contributed by atoms with Gasteiger partial charge < -0.3 is 9.88 Å². The van der Waals surface area contributed by atoms with Crippen molar-refractivity contribution in [1.29, 1.82) is 0 Å². The van der Waals surface area contributed by atoms with Crippen molar-refractivity contribution < 1.29 is 9.31 Å². The van der Waals surface area contributed by atoms with Gasteiger partial charge in [-0.05, 0) is 19.1 Å². The van der Waals surface area contributed by atoms with E-state index in [0.29, 0.717) is 12.2 Å². The van der Waals surface area contributed by atoms with E-state index in [1.807, 2.05) is 17.7 Å². The molecule has 0 bridgehead atoms. The highest BCUT2D eigenvalue weighted by molar-refractivity contribution is 5.51. The average Bonchev–Trinajstić information content (AvgIpc) is 2.84. The lowest BCUT2D eigenvalue weighted by Crippen LogP contribution is -2.07. The highest BCUT2D eigenvalue weighted by Crippen LogP contribution is 2.21. The number of aromatic nitrogens is 2. The van der Waals surface area contributed by atoms with E-state index in [1.54, 1.807) is 6.20 Å². The van der Waals surface area contributed by atoms with Gasteiger partial charge in [-0.25, -0.2) is 4.98 Å². The zero-order valence-corrected chi connectivity index (χ0v) is 10.3. The van der Waals surface area contributed by atoms with Crippen molar-refractivity contribution in [1.82, 2.24) is 9.55 Å². The summed E-state index contributed by atoms with van der Waals surface area (Å²) in [6.45, 7) is 3.21. The van der Waals surface area contributed by atoms with Gasteiger partial charge in [-0.1, -0.05) is 0 Å². The molecular weight excluding hydrogens is 251 g/mol. The second-order valence-electron chi connectivity index (χ2n) is 3.91. The zero-order chi connectivity index (χ0) is 13.8. The molecule has 0 aliphatic rings. The minimum absolute atomic E-state index is 0.420. The molecule has 7 heteroatoms. The number of aryl methyl sites for hydroxylation is 1. The van der Waals surface area contributed by atoms with Crippen LogP contribution < -0.4 is 5.32 Å². The Balaban J connectivity index is 2.12. The van der Waals surface area contributed by atoms with E-state index in [1.165, 1.54) is 12.1 Å². The quantitative estimate of drug-likeness (QED) is 0.665. The smallest absolute Gasteiger partial charge is 0.306 e. The van der Waals surface area contributed by atoms with Crippen molar-refractivity contribution in [3.05, 3.63) is 52.3 Å². The molecule has 6 nitrogen and oxygen atoms in total. The summed E-state index contributed by atoms with van der Waals surface area (Å²) in [5.41, 5.74) is -0.0532. The first-order chi connectivity index (χ1) is 9.11. The fourth-order valence-electron chi connectivity index (χ4n) is 1.74. The third kappa shape index (κ3) is 2.87. The van der Waals surface area contributed by atoms with E-state index in [2.05, 4.69) is 10.3 Å². The summed E-state index contributed by atoms with van der Waals surface area (Å²) in [5.74, 6) is -0.0277. The molecule has 0 fully saturated rings. The topological polar surface area (TPSA) is 73.0 Å². The van der Waals surface area contributed by atoms with Crippen LogP contribution in [0.1, 0.15) is 12.7 Å². The van der Waals surface area contributed by atoms with Crippen molar-refractivity contribution in [3.8, 4) is 0 Å². The van der Waals surface area contributed by atoms with Gasteiger partial charge in [0.25, 0.3) is 0 Å². The Morgan fingerprint density at radius 3 is 3.00 bits per heavy atom. The summed E-state index contributed by atoms with van der Waals surface area (Å²) in [7, 11) is 0. The molecule has 0 aliphatic heterocycles. The van der Waals surface area contributed by atoms with Gasteiger partial charge in [0.1, 0.15) is 5.82 Å². The Bertz CT molecular complexity index is 597. The number of nitrogens with one attached hydrogen (secondary N) is 1. The van der Waals surface area contributed by atoms with Crippen molar-refractivity contribution in [2.75, 3.05) is 5.32 Å². The molecule has 0 aliphatic carbocycles. The molecule has 0 amide bonds. The number of nitro groups is 1. The Hall–Kier alpha value is -2.44. The molecule has 2 aromatic rings. The molecule has 0 unspecified atom stereocenters. The maximum atomic E-state index is 13.2. The van der Waals surface area contributed by atoms with Crippen LogP contribution in [0.2, 0.25) is 0 Å². The predicted molar refractivity (Wildman–Crippen MR) is 68.3 cm³/mol. The Morgan fingerprint density at radius 1 is 1.53 bits per heavy atom. The molecule has 0 atom stereocenters. The second kappa shape index (κ2) is 5.47. The number of anilines is 1. The minimum Gasteiger partial charge on any atom is -0.378 e. The molecule has 19 heavy (non-hydrogen) atoms. The predicted octanol–water partition coefficient (Wildman–Crippen LogP) is 2.56. The van der Waals surface area contributed by atoms with Gasteiger partial charge in [-0.2, -0.15) is 4.39 Å². The van der Waals surface area contributed by atoms with E-state index in [-0.39, 0.29) is 0 Å². The molecule has 1 heterocycles. The Labute approximate surface area is 109 Å². The molecule has 1 aromatic carbocycles. The first-order valence-corrected chi connectivity index (χ1v) is 5.79. The van der Waals surface area contributed by atoms with Crippen LogP contribution in [0.15, 0.2) is 30.6 Å². The summed E-state index contributed by atoms with van der Waals surface area (Å²) >= 11 is 0. The minimum atomic E-state index is -0.842. The number of imidazole rings is 1. The number of halogens is 1. The van der Waals surface area contributed by atoms with Gasteiger partial charge in [-0.3, -0.25) is 10.1 Å². The number of benzene rings is 1. The molecule has 2 rings (SSSR count). The van der Waals surface area contributed by atoms with Crippen molar-refractivity contribution in [3.63, 3.8) is 0 Å². The summed E-state index contributed by atoms with van der Waals surface area (Å²) in [4.78, 5) is 14.1. The maximum Gasteiger partial charge on any atom is 0.306 e. The van der Waals surface area contributed by atoms with Crippen molar-refractivity contribution in [2.45, 2.75) is 20.0 Å². The van der Waals surface area contributed by atoms with Gasteiger partial charge in [0, 0.05) is 30.7 Å². The Morgan fingerprint density at radius 2 is 2.32 bits per heavy atom. The lowest BCUT2D eigenvalue weighted by molar-refractivity contribution is -0.387. The first-order valence-electron chi connectivity index (χ1n) is 5.79. The van der Waals surface area contributed by atoms with Crippen molar-refractivity contribution in [2.24, 2.45) is 0 Å². The first kappa shape index (κ1) is 13.0. The van der Waals surface area contributed by atoms with Gasteiger partial charge in [-0.15, -0.1) is 0 Å². The molecule has 0 saturated heterocycles. The summed E-state index contributed by atoms with van der Waals surface area (Å²) in [6, 6.07) is 3.71. The van der Waals surface area contributed by atoms with E-state index >= 15 is 0 Å². The molecule has 100 valence electrons. The molecule has 0 saturated carbocycles. The monoisotopic (exact) mass is 264 g/mol. The number of rotatable bonds is 5. The zero-order valence-electron chi connectivity index (χ0n) is 10.3. The van der Waals surface area contributed by atoms with E-state index in [0.717, 1.165) is 18.4 Å². The summed E-state index contributed by atoms with van der Waals surface area (Å²) < 4.78 is 15.1. The van der Waals surface area contributed by atoms with Crippen LogP contribution >= 0.6 is 0 Å². The highest BCUT2D eigenvalue weighted by Gasteiger charge is 2.14. The van der Waals surface area contributed by atoms with Crippen LogP contribution in [-0.2, 0) is 13.1 Å². The van der Waals surface area contributed by atoms with E-state index in [4.69, 9.17) is 0 Å². The van der Waals surface area contributed by atoms with Crippen molar-refractivity contribution >= 4 is 11.4 Å². The second-order valence-corrected chi connectivity index (χ2v) is 3.91. The number of hydrogen-bond donors (Lipinski definition) is 1. The average molecular weight is 264 g/mol. The number of nitrogens with zero attached hydrogens (tertiary/aromatic N) is 3. The lowest BCUT2D eigenvalue weighted by atomic mass is 10.2. The standard InChI is InChI=1S/C12H13FN4O2/c1-2-16-6-5-14-12(16)8-15-9-3-4-10(13)11(7-9)17(18)19/h3-7,15H,2,8H2,1H3. The molecular formula is C12H13FN4O2. The van der Waals surface area contributed by atoms with E-state index < -0.39 is 16.4 Å². The largest absolute Gasteiger partial charge is 0.378 e. The summed E-state index contributed by atoms with van der Waals surface area (Å²) in [6.07, 6.45) is 3.54. The number of hydrogen-bond acceptors (Lipinski definition) is 4. The third-order valence-electron chi connectivity index (χ3n) is 2.74. The fourth-order valence-corrected chi connectivity index (χ4v) is 1.74. The number of nitro benzene ring substituents is 1. The van der Waals surface area contributed by atoms with Crippen LogP contribution in [0.25, 0.3) is 0 Å². The van der Waals surface area contributed by atoms with Crippen LogP contribution in [-0.4, -0.2) is 14.5 Å². The normalized spacial score (nSPS) is 10.4. The van der Waals surface area contributed by atoms with Crippen LogP contribution in [0.3, 0.4) is 0 Å². The van der Waals surface area contributed by atoms with Crippen LogP contribution in [0.4, 0.5) is 15.8 Å². The fraction of sp³-hybridized carbons (Fsp3) is 0.250. The SMILES string of the molecule is CCn1ccnc1CNc1ccc(F)c([N+](=O)[O-])c1. The Kier molecular flexibility index (Phi) is 3.74. The molecule has 0 radical (unpaired) electrons. The third-order valence-corrected chi connectivity index (χ3v) is 2.74. The summed E-state index contributed by atoms with van der Waals surface area (Å²) in [5, 5.41) is 13.6.